The third-order valence-corrected chi connectivity index (χ3v) is 2.53. The van der Waals surface area contributed by atoms with Gasteiger partial charge in [0.1, 0.15) is 12.7 Å². The Labute approximate surface area is 85.7 Å². The quantitative estimate of drug-likeness (QED) is 0.775. The average molecular weight is 196 g/mol. The molecule has 2 atom stereocenters. The highest BCUT2D eigenvalue weighted by molar-refractivity contribution is 4.72. The van der Waals surface area contributed by atoms with Gasteiger partial charge in [-0.3, -0.25) is 0 Å². The third-order valence-electron chi connectivity index (χ3n) is 2.53. The minimum Gasteiger partial charge on any atom is -0.314 e. The van der Waals surface area contributed by atoms with E-state index < -0.39 is 0 Å². The zero-order valence-electron chi connectivity index (χ0n) is 9.44. The van der Waals surface area contributed by atoms with Gasteiger partial charge in [0, 0.05) is 6.04 Å². The zero-order valence-corrected chi connectivity index (χ0v) is 9.44. The summed E-state index contributed by atoms with van der Waals surface area (Å²) in [4.78, 5) is 3.95. The first-order valence-electron chi connectivity index (χ1n) is 5.18. The Morgan fingerprint density at radius 3 is 2.50 bits per heavy atom. The van der Waals surface area contributed by atoms with E-state index in [4.69, 9.17) is 0 Å². The second-order valence-corrected chi connectivity index (χ2v) is 4.16. The van der Waals surface area contributed by atoms with Crippen LogP contribution < -0.4 is 5.32 Å². The highest BCUT2D eigenvalue weighted by Crippen LogP contribution is 2.14. The molecule has 14 heavy (non-hydrogen) atoms. The lowest BCUT2D eigenvalue weighted by molar-refractivity contribution is 0.329. The number of rotatable bonds is 5. The van der Waals surface area contributed by atoms with Crippen LogP contribution in [0.5, 0.6) is 0 Å². The maximum atomic E-state index is 4.14. The highest BCUT2D eigenvalue weighted by Gasteiger charge is 2.14. The summed E-state index contributed by atoms with van der Waals surface area (Å²) >= 11 is 0. The molecular formula is C10H20N4. The van der Waals surface area contributed by atoms with E-state index in [1.165, 1.54) is 0 Å². The zero-order chi connectivity index (χ0) is 10.6. The van der Waals surface area contributed by atoms with Gasteiger partial charge < -0.3 is 5.32 Å². The molecule has 1 rings (SSSR count). The summed E-state index contributed by atoms with van der Waals surface area (Å²) in [6.07, 6.45) is 3.36. The number of aromatic nitrogens is 3. The molecule has 4 nitrogen and oxygen atoms in total. The first kappa shape index (κ1) is 11.2. The number of hydrogen-bond donors (Lipinski definition) is 1. The molecule has 0 saturated heterocycles. The lowest BCUT2D eigenvalue weighted by atomic mass is 10.0. The maximum absolute atomic E-state index is 4.14. The van der Waals surface area contributed by atoms with Crippen molar-refractivity contribution in [3.05, 3.63) is 12.7 Å². The van der Waals surface area contributed by atoms with Gasteiger partial charge in [-0.1, -0.05) is 20.8 Å². The summed E-state index contributed by atoms with van der Waals surface area (Å²) in [5, 5.41) is 7.57. The second kappa shape index (κ2) is 5.10. The molecular weight excluding hydrogens is 176 g/mol. The topological polar surface area (TPSA) is 42.7 Å². The van der Waals surface area contributed by atoms with E-state index in [-0.39, 0.29) is 0 Å². The van der Waals surface area contributed by atoms with Crippen molar-refractivity contribution in [2.24, 2.45) is 5.92 Å². The van der Waals surface area contributed by atoms with Gasteiger partial charge in [-0.2, -0.15) is 5.10 Å². The molecule has 1 N–H and O–H groups in total. The van der Waals surface area contributed by atoms with Crippen molar-refractivity contribution in [2.45, 2.75) is 39.8 Å². The van der Waals surface area contributed by atoms with Gasteiger partial charge >= 0.3 is 0 Å². The fraction of sp³-hybridized carbons (Fsp3) is 0.800. The molecule has 80 valence electrons. The fourth-order valence-electron chi connectivity index (χ4n) is 1.28. The summed E-state index contributed by atoms with van der Waals surface area (Å²) < 4.78 is 1.91. The predicted octanol–water partition coefficient (Wildman–Crippen LogP) is 1.47. The minimum atomic E-state index is 0.392. The third kappa shape index (κ3) is 3.10. The van der Waals surface area contributed by atoms with Crippen LogP contribution in [0, 0.1) is 5.92 Å². The molecule has 0 aliphatic heterocycles. The predicted molar refractivity (Wildman–Crippen MR) is 57.0 cm³/mol. The Kier molecular flexibility index (Phi) is 4.07. The lowest BCUT2D eigenvalue weighted by Gasteiger charge is -2.21. The van der Waals surface area contributed by atoms with E-state index in [0.29, 0.717) is 18.0 Å². The monoisotopic (exact) mass is 196 g/mol. The molecule has 1 aromatic heterocycles. The van der Waals surface area contributed by atoms with Crippen molar-refractivity contribution in [3.63, 3.8) is 0 Å². The molecule has 1 aromatic rings. The molecule has 0 bridgehead atoms. The van der Waals surface area contributed by atoms with Crippen molar-refractivity contribution in [3.8, 4) is 0 Å². The van der Waals surface area contributed by atoms with Crippen LogP contribution in [-0.2, 0) is 0 Å². The Morgan fingerprint density at radius 2 is 2.00 bits per heavy atom. The van der Waals surface area contributed by atoms with Gasteiger partial charge in [-0.25, -0.2) is 9.67 Å². The first-order chi connectivity index (χ1) is 6.61. The molecule has 0 fully saturated rings. The summed E-state index contributed by atoms with van der Waals surface area (Å²) in [7, 11) is 0. The SMILES string of the molecule is CC(C)NCC(C)C(C)n1cncn1. The molecule has 4 heteroatoms. The van der Waals surface area contributed by atoms with E-state index in [1.54, 1.807) is 12.7 Å². The Balaban J connectivity index is 2.41. The van der Waals surface area contributed by atoms with Crippen LogP contribution in [0.2, 0.25) is 0 Å². The fourth-order valence-corrected chi connectivity index (χ4v) is 1.28. The standard InChI is InChI=1S/C10H20N4/c1-8(2)12-5-9(3)10(4)14-7-11-6-13-14/h6-10,12H,5H2,1-4H3. The largest absolute Gasteiger partial charge is 0.314 e. The van der Waals surface area contributed by atoms with Gasteiger partial charge in [0.25, 0.3) is 0 Å². The van der Waals surface area contributed by atoms with Crippen molar-refractivity contribution in [2.75, 3.05) is 6.54 Å². The van der Waals surface area contributed by atoms with Crippen molar-refractivity contribution in [1.82, 2.24) is 20.1 Å². The van der Waals surface area contributed by atoms with Gasteiger partial charge in [-0.05, 0) is 19.4 Å². The summed E-state index contributed by atoms with van der Waals surface area (Å²) in [5.74, 6) is 0.555. The van der Waals surface area contributed by atoms with E-state index in [9.17, 15) is 0 Å². The molecule has 0 saturated carbocycles. The molecule has 0 aliphatic carbocycles. The van der Waals surface area contributed by atoms with Crippen molar-refractivity contribution >= 4 is 0 Å². The van der Waals surface area contributed by atoms with Crippen LogP contribution >= 0.6 is 0 Å². The van der Waals surface area contributed by atoms with Crippen LogP contribution in [0.4, 0.5) is 0 Å². The van der Waals surface area contributed by atoms with Crippen LogP contribution in [0.1, 0.15) is 33.7 Å². The van der Waals surface area contributed by atoms with Gasteiger partial charge in [0.15, 0.2) is 0 Å². The van der Waals surface area contributed by atoms with E-state index in [0.717, 1.165) is 6.54 Å². The molecule has 0 aromatic carbocycles. The van der Waals surface area contributed by atoms with Gasteiger partial charge in [-0.15, -0.1) is 0 Å². The average Bonchev–Trinajstić information content (AvgIpc) is 2.65. The lowest BCUT2D eigenvalue weighted by Crippen LogP contribution is -2.31. The number of hydrogen-bond acceptors (Lipinski definition) is 3. The van der Waals surface area contributed by atoms with E-state index in [2.05, 4.69) is 43.1 Å². The summed E-state index contributed by atoms with van der Waals surface area (Å²) in [5.41, 5.74) is 0. The Morgan fingerprint density at radius 1 is 1.29 bits per heavy atom. The molecule has 2 unspecified atom stereocenters. The van der Waals surface area contributed by atoms with E-state index >= 15 is 0 Å². The van der Waals surface area contributed by atoms with Crippen LogP contribution in [0.15, 0.2) is 12.7 Å². The smallest absolute Gasteiger partial charge is 0.137 e. The van der Waals surface area contributed by atoms with E-state index in [1.807, 2.05) is 4.68 Å². The minimum absolute atomic E-state index is 0.392. The molecule has 0 spiro atoms. The number of nitrogens with one attached hydrogen (secondary N) is 1. The molecule has 1 heterocycles. The first-order valence-corrected chi connectivity index (χ1v) is 5.18. The summed E-state index contributed by atoms with van der Waals surface area (Å²) in [6.45, 7) is 9.72. The van der Waals surface area contributed by atoms with Gasteiger partial charge in [0.2, 0.25) is 0 Å². The van der Waals surface area contributed by atoms with Crippen LogP contribution in [0.25, 0.3) is 0 Å². The normalized spacial score (nSPS) is 15.8. The van der Waals surface area contributed by atoms with Gasteiger partial charge in [0.05, 0.1) is 6.04 Å². The van der Waals surface area contributed by atoms with Crippen molar-refractivity contribution in [1.29, 1.82) is 0 Å². The Bertz CT molecular complexity index is 243. The maximum Gasteiger partial charge on any atom is 0.137 e. The highest BCUT2D eigenvalue weighted by atomic mass is 15.3. The second-order valence-electron chi connectivity index (χ2n) is 4.16. The molecule has 0 radical (unpaired) electrons. The number of nitrogens with zero attached hydrogens (tertiary/aromatic N) is 3. The van der Waals surface area contributed by atoms with Crippen molar-refractivity contribution < 1.29 is 0 Å². The summed E-state index contributed by atoms with van der Waals surface area (Å²) in [6, 6.07) is 0.934. The molecule has 0 amide bonds. The molecule has 0 aliphatic rings. The van der Waals surface area contributed by atoms with Crippen LogP contribution in [-0.4, -0.2) is 27.4 Å². The van der Waals surface area contributed by atoms with Crippen LogP contribution in [0.3, 0.4) is 0 Å². The Hall–Kier alpha value is -0.900.